The summed E-state index contributed by atoms with van der Waals surface area (Å²) in [6.45, 7) is 0. The van der Waals surface area contributed by atoms with Crippen molar-refractivity contribution in [3.8, 4) is 0 Å². The molecule has 0 aromatic rings. The lowest BCUT2D eigenvalue weighted by Crippen LogP contribution is -2.38. The molecule has 0 N–H and O–H groups in total. The number of ether oxygens (including phenoxy) is 3. The SMILES string of the molecule is COC(=O)C(=O)[C@H](OC)C(=O)OC. The van der Waals surface area contributed by atoms with Crippen LogP contribution in [0.1, 0.15) is 0 Å². The number of methoxy groups -OCH3 is 3. The fourth-order valence-electron chi connectivity index (χ4n) is 0.625. The molecular formula is C7H10O6. The number of rotatable bonds is 4. The van der Waals surface area contributed by atoms with Crippen molar-refractivity contribution >= 4 is 17.7 Å². The molecule has 1 atom stereocenters. The van der Waals surface area contributed by atoms with Gasteiger partial charge < -0.3 is 14.2 Å². The highest BCUT2D eigenvalue weighted by Gasteiger charge is 2.33. The summed E-state index contributed by atoms with van der Waals surface area (Å²) in [4.78, 5) is 32.5. The van der Waals surface area contributed by atoms with E-state index in [0.717, 1.165) is 21.3 Å². The van der Waals surface area contributed by atoms with Crippen molar-refractivity contribution in [2.45, 2.75) is 6.10 Å². The highest BCUT2D eigenvalue weighted by atomic mass is 16.6. The second-order valence-corrected chi connectivity index (χ2v) is 1.99. The molecule has 0 amide bonds. The van der Waals surface area contributed by atoms with Gasteiger partial charge >= 0.3 is 11.9 Å². The van der Waals surface area contributed by atoms with Crippen LogP contribution in [0.4, 0.5) is 0 Å². The quantitative estimate of drug-likeness (QED) is 0.318. The van der Waals surface area contributed by atoms with E-state index in [9.17, 15) is 14.4 Å². The van der Waals surface area contributed by atoms with Crippen LogP contribution in [0.2, 0.25) is 0 Å². The molecule has 0 bridgehead atoms. The minimum absolute atomic E-state index is 0.932. The van der Waals surface area contributed by atoms with E-state index in [1.807, 2.05) is 0 Å². The molecule has 0 aromatic carbocycles. The number of Topliss-reactive ketones (excluding diaryl/α,β-unsaturated/α-hetero) is 1. The average molecular weight is 190 g/mol. The molecule has 6 heteroatoms. The van der Waals surface area contributed by atoms with Crippen molar-refractivity contribution in [1.29, 1.82) is 0 Å². The van der Waals surface area contributed by atoms with Crippen LogP contribution >= 0.6 is 0 Å². The normalized spacial score (nSPS) is 11.6. The highest BCUT2D eigenvalue weighted by Crippen LogP contribution is 1.97. The first-order valence-electron chi connectivity index (χ1n) is 3.31. The van der Waals surface area contributed by atoms with E-state index >= 15 is 0 Å². The van der Waals surface area contributed by atoms with E-state index in [1.54, 1.807) is 0 Å². The zero-order valence-electron chi connectivity index (χ0n) is 7.53. The van der Waals surface area contributed by atoms with Gasteiger partial charge in [0, 0.05) is 7.11 Å². The van der Waals surface area contributed by atoms with Crippen molar-refractivity contribution in [2.24, 2.45) is 0 Å². The van der Waals surface area contributed by atoms with Gasteiger partial charge in [-0.1, -0.05) is 0 Å². The first-order chi connectivity index (χ1) is 6.08. The van der Waals surface area contributed by atoms with Crippen molar-refractivity contribution < 1.29 is 28.6 Å². The van der Waals surface area contributed by atoms with Crippen LogP contribution in [0.5, 0.6) is 0 Å². The van der Waals surface area contributed by atoms with Gasteiger partial charge in [-0.3, -0.25) is 4.79 Å². The van der Waals surface area contributed by atoms with Gasteiger partial charge in [0.15, 0.2) is 0 Å². The maximum Gasteiger partial charge on any atom is 0.377 e. The number of ketones is 1. The molecule has 0 saturated heterocycles. The zero-order chi connectivity index (χ0) is 10.4. The number of carbonyl (C=O) groups is 3. The smallest absolute Gasteiger partial charge is 0.377 e. The van der Waals surface area contributed by atoms with Crippen LogP contribution in [0, 0.1) is 0 Å². The topological polar surface area (TPSA) is 78.9 Å². The lowest BCUT2D eigenvalue weighted by atomic mass is 10.2. The van der Waals surface area contributed by atoms with Crippen LogP contribution < -0.4 is 0 Å². The molecule has 0 aliphatic rings. The van der Waals surface area contributed by atoms with Gasteiger partial charge in [-0.2, -0.15) is 0 Å². The highest BCUT2D eigenvalue weighted by molar-refractivity contribution is 6.39. The maximum absolute atomic E-state index is 11.0. The Balaban J connectivity index is 4.49. The van der Waals surface area contributed by atoms with E-state index in [-0.39, 0.29) is 0 Å². The lowest BCUT2D eigenvalue weighted by Gasteiger charge is -2.09. The molecule has 0 aromatic heterocycles. The molecule has 0 rings (SSSR count). The van der Waals surface area contributed by atoms with Crippen LogP contribution in [0.25, 0.3) is 0 Å². The van der Waals surface area contributed by atoms with Gasteiger partial charge in [0.25, 0.3) is 5.78 Å². The molecular weight excluding hydrogens is 180 g/mol. The third-order valence-corrected chi connectivity index (χ3v) is 1.28. The zero-order valence-corrected chi connectivity index (χ0v) is 7.53. The first kappa shape index (κ1) is 11.6. The fourth-order valence-corrected chi connectivity index (χ4v) is 0.625. The molecule has 0 spiro atoms. The van der Waals surface area contributed by atoms with Gasteiger partial charge in [-0.05, 0) is 0 Å². The van der Waals surface area contributed by atoms with Gasteiger partial charge in [0.1, 0.15) is 0 Å². The summed E-state index contributed by atoms with van der Waals surface area (Å²) in [6.07, 6.45) is -1.54. The summed E-state index contributed by atoms with van der Waals surface area (Å²) in [5.74, 6) is -3.16. The molecule has 0 saturated carbocycles. The third kappa shape index (κ3) is 2.83. The summed E-state index contributed by atoms with van der Waals surface area (Å²) in [5, 5.41) is 0. The molecule has 6 nitrogen and oxygen atoms in total. The van der Waals surface area contributed by atoms with Crippen molar-refractivity contribution in [1.82, 2.24) is 0 Å². The summed E-state index contributed by atoms with van der Waals surface area (Å²) in [5.41, 5.74) is 0. The molecule has 0 fully saturated rings. The molecule has 0 radical (unpaired) electrons. The second kappa shape index (κ2) is 5.26. The van der Waals surface area contributed by atoms with Gasteiger partial charge in [-0.15, -0.1) is 0 Å². The minimum atomic E-state index is -1.54. The standard InChI is InChI=1S/C7H10O6/c1-11-5(7(10)13-3)4(8)6(9)12-2/h5H,1-3H3/t5-/m0/s1. The maximum atomic E-state index is 11.0. The van der Waals surface area contributed by atoms with Crippen molar-refractivity contribution in [2.75, 3.05) is 21.3 Å². The summed E-state index contributed by atoms with van der Waals surface area (Å²) in [7, 11) is 3.23. The molecule has 0 aliphatic heterocycles. The third-order valence-electron chi connectivity index (χ3n) is 1.28. The molecule has 0 aliphatic carbocycles. The van der Waals surface area contributed by atoms with E-state index < -0.39 is 23.8 Å². The molecule has 0 unspecified atom stereocenters. The molecule has 74 valence electrons. The van der Waals surface area contributed by atoms with E-state index in [0.29, 0.717) is 0 Å². The van der Waals surface area contributed by atoms with Crippen LogP contribution in [0.15, 0.2) is 0 Å². The first-order valence-corrected chi connectivity index (χ1v) is 3.31. The Kier molecular flexibility index (Phi) is 4.68. The number of esters is 2. The Morgan fingerprint density at radius 3 is 1.85 bits per heavy atom. The Bertz CT molecular complexity index is 221. The number of hydrogen-bond acceptors (Lipinski definition) is 6. The Labute approximate surface area is 74.8 Å². The monoisotopic (exact) mass is 190 g/mol. The van der Waals surface area contributed by atoms with Crippen LogP contribution in [-0.2, 0) is 28.6 Å². The van der Waals surface area contributed by atoms with Gasteiger partial charge in [-0.25, -0.2) is 9.59 Å². The minimum Gasteiger partial charge on any atom is -0.467 e. The summed E-state index contributed by atoms with van der Waals surface area (Å²) >= 11 is 0. The molecule has 0 heterocycles. The van der Waals surface area contributed by atoms with E-state index in [1.165, 1.54) is 0 Å². The van der Waals surface area contributed by atoms with Gasteiger partial charge in [0.2, 0.25) is 6.10 Å². The largest absolute Gasteiger partial charge is 0.467 e. The Hall–Kier alpha value is -1.43. The number of carbonyl (C=O) groups excluding carboxylic acids is 3. The predicted molar refractivity (Wildman–Crippen MR) is 39.8 cm³/mol. The fraction of sp³-hybridized carbons (Fsp3) is 0.571. The Morgan fingerprint density at radius 1 is 1.00 bits per heavy atom. The Morgan fingerprint density at radius 2 is 1.54 bits per heavy atom. The van der Waals surface area contributed by atoms with Crippen molar-refractivity contribution in [3.05, 3.63) is 0 Å². The van der Waals surface area contributed by atoms with Gasteiger partial charge in [0.05, 0.1) is 14.2 Å². The second-order valence-electron chi connectivity index (χ2n) is 1.99. The number of hydrogen-bond donors (Lipinski definition) is 0. The average Bonchev–Trinajstić information content (AvgIpc) is 2.17. The van der Waals surface area contributed by atoms with Crippen LogP contribution in [-0.4, -0.2) is 45.2 Å². The van der Waals surface area contributed by atoms with E-state index in [4.69, 9.17) is 0 Å². The summed E-state index contributed by atoms with van der Waals surface area (Å²) < 4.78 is 12.8. The van der Waals surface area contributed by atoms with E-state index in [2.05, 4.69) is 14.2 Å². The predicted octanol–water partition coefficient (Wildman–Crippen LogP) is -1.08. The van der Waals surface area contributed by atoms with Crippen molar-refractivity contribution in [3.63, 3.8) is 0 Å². The lowest BCUT2D eigenvalue weighted by molar-refractivity contribution is -0.165. The molecule has 13 heavy (non-hydrogen) atoms. The van der Waals surface area contributed by atoms with Crippen LogP contribution in [0.3, 0.4) is 0 Å². The summed E-state index contributed by atoms with van der Waals surface area (Å²) in [6, 6.07) is 0.